The third-order valence-corrected chi connectivity index (χ3v) is 6.10. The van der Waals surface area contributed by atoms with E-state index in [1.807, 2.05) is 36.6 Å². The number of carbonyl (C=O) groups excluding carboxylic acids is 1. The van der Waals surface area contributed by atoms with E-state index < -0.39 is 0 Å². The summed E-state index contributed by atoms with van der Waals surface area (Å²) >= 11 is 1.31. The molecule has 0 aliphatic carbocycles. The molecule has 0 amide bonds. The summed E-state index contributed by atoms with van der Waals surface area (Å²) in [4.78, 5) is 17.4. The first kappa shape index (κ1) is 21.1. The first-order chi connectivity index (χ1) is 15.0. The highest BCUT2D eigenvalue weighted by Gasteiger charge is 2.18. The maximum Gasteiger partial charge on any atom is 0.209 e. The molecule has 0 radical (unpaired) electrons. The van der Waals surface area contributed by atoms with Crippen LogP contribution in [0.5, 0.6) is 0 Å². The summed E-state index contributed by atoms with van der Waals surface area (Å²) in [6.07, 6.45) is 0.988. The Bertz CT molecular complexity index is 1210. The van der Waals surface area contributed by atoms with Gasteiger partial charge in [-0.15, -0.1) is 5.10 Å². The van der Waals surface area contributed by atoms with Gasteiger partial charge >= 0.3 is 0 Å². The van der Waals surface area contributed by atoms with Gasteiger partial charge in [-0.05, 0) is 56.2 Å². The zero-order chi connectivity index (χ0) is 22.0. The summed E-state index contributed by atoms with van der Waals surface area (Å²) in [7, 11) is 0. The summed E-state index contributed by atoms with van der Waals surface area (Å²) in [5.41, 5.74) is 5.47. The lowest BCUT2D eigenvalue weighted by Gasteiger charge is -2.09. The van der Waals surface area contributed by atoms with Crippen LogP contribution in [0.1, 0.15) is 34.2 Å². The molecule has 0 aliphatic heterocycles. The van der Waals surface area contributed by atoms with Crippen LogP contribution in [0.2, 0.25) is 0 Å². The number of nitrogens with zero attached hydrogens (tertiary/aromatic N) is 3. The number of hydrogen-bond donors (Lipinski definition) is 1. The fourth-order valence-corrected chi connectivity index (χ4v) is 4.26. The summed E-state index contributed by atoms with van der Waals surface area (Å²) in [6, 6.07) is 16.3. The second kappa shape index (κ2) is 8.89. The van der Waals surface area contributed by atoms with Crippen LogP contribution in [0, 0.1) is 19.7 Å². The number of nitrogens with one attached hydrogen (secondary N) is 1. The first-order valence-electron chi connectivity index (χ1n) is 10.1. The molecule has 0 spiro atoms. The Kier molecular flexibility index (Phi) is 6.04. The van der Waals surface area contributed by atoms with Crippen molar-refractivity contribution < 1.29 is 9.18 Å². The Labute approximate surface area is 184 Å². The molecule has 2 heterocycles. The van der Waals surface area contributed by atoms with Crippen molar-refractivity contribution in [3.63, 3.8) is 0 Å². The Morgan fingerprint density at radius 3 is 2.48 bits per heavy atom. The molecule has 0 bridgehead atoms. The Balaban J connectivity index is 1.46. The maximum atomic E-state index is 13.3. The molecule has 4 rings (SSSR count). The zero-order valence-electron chi connectivity index (χ0n) is 17.6. The molecule has 31 heavy (non-hydrogen) atoms. The minimum absolute atomic E-state index is 0.00473. The molecule has 158 valence electrons. The fourth-order valence-electron chi connectivity index (χ4n) is 3.58. The van der Waals surface area contributed by atoms with Gasteiger partial charge in [0.2, 0.25) is 5.16 Å². The Morgan fingerprint density at radius 1 is 1.10 bits per heavy atom. The molecule has 5 nitrogen and oxygen atoms in total. The number of ketones is 1. The monoisotopic (exact) mass is 434 g/mol. The molecule has 2 aromatic carbocycles. The van der Waals surface area contributed by atoms with Gasteiger partial charge < -0.3 is 4.57 Å². The van der Waals surface area contributed by atoms with Crippen molar-refractivity contribution in [3.8, 4) is 17.1 Å². The number of aryl methyl sites for hydroxylation is 2. The minimum atomic E-state index is -0.286. The third-order valence-electron chi connectivity index (χ3n) is 5.25. The van der Waals surface area contributed by atoms with Crippen LogP contribution in [0.15, 0.2) is 59.8 Å². The van der Waals surface area contributed by atoms with E-state index in [2.05, 4.69) is 34.2 Å². The number of benzene rings is 2. The molecule has 2 aromatic heterocycles. The van der Waals surface area contributed by atoms with Crippen molar-refractivity contribution in [1.29, 1.82) is 0 Å². The van der Waals surface area contributed by atoms with Gasteiger partial charge in [0.25, 0.3) is 0 Å². The molecule has 0 fully saturated rings. The van der Waals surface area contributed by atoms with E-state index in [1.54, 1.807) is 12.1 Å². The van der Waals surface area contributed by atoms with E-state index in [1.165, 1.54) is 29.5 Å². The lowest BCUT2D eigenvalue weighted by Crippen LogP contribution is -2.05. The quantitative estimate of drug-likeness (QED) is 0.306. The number of thioether (sulfide) groups is 1. The number of rotatable bonds is 7. The second-order valence-electron chi connectivity index (χ2n) is 7.33. The molecule has 4 aromatic rings. The molecule has 0 saturated carbocycles. The van der Waals surface area contributed by atoms with E-state index in [0.29, 0.717) is 16.5 Å². The molecular weight excluding hydrogens is 411 g/mol. The number of carbonyl (C=O) groups is 1. The Morgan fingerprint density at radius 2 is 1.81 bits per heavy atom. The van der Waals surface area contributed by atoms with Crippen LogP contribution in [0.25, 0.3) is 17.1 Å². The normalized spacial score (nSPS) is 11.1. The lowest BCUT2D eigenvalue weighted by atomic mass is 10.1. The minimum Gasteiger partial charge on any atom is -0.318 e. The second-order valence-corrected chi connectivity index (χ2v) is 8.27. The number of aromatic amines is 1. The van der Waals surface area contributed by atoms with Crippen molar-refractivity contribution in [2.75, 3.05) is 5.75 Å². The van der Waals surface area contributed by atoms with Crippen LogP contribution in [0.3, 0.4) is 0 Å². The standard InChI is InChI=1S/C24H23FN4OS/c1-4-17-5-7-18(8-6-17)23-26-24(28-27-23)31-14-22(30)21-13-15(2)29(16(21)3)20-11-9-19(25)10-12-20/h5-13H,4,14H2,1-3H3,(H,26,27,28). The molecule has 0 aliphatic rings. The van der Waals surface area contributed by atoms with E-state index in [0.717, 1.165) is 29.1 Å². The summed E-state index contributed by atoms with van der Waals surface area (Å²) in [5.74, 6) is 0.642. The summed E-state index contributed by atoms with van der Waals surface area (Å²) < 4.78 is 15.2. The molecule has 0 atom stereocenters. The molecule has 0 unspecified atom stereocenters. The average Bonchev–Trinajstić information content (AvgIpc) is 3.37. The predicted octanol–water partition coefficient (Wildman–Crippen LogP) is 5.56. The molecule has 7 heteroatoms. The van der Waals surface area contributed by atoms with Gasteiger partial charge in [0.05, 0.1) is 5.75 Å². The predicted molar refractivity (Wildman–Crippen MR) is 121 cm³/mol. The van der Waals surface area contributed by atoms with E-state index in [9.17, 15) is 9.18 Å². The lowest BCUT2D eigenvalue weighted by molar-refractivity contribution is 0.102. The highest BCUT2D eigenvalue weighted by molar-refractivity contribution is 7.99. The van der Waals surface area contributed by atoms with Crippen LogP contribution in [-0.4, -0.2) is 31.3 Å². The number of hydrogen-bond acceptors (Lipinski definition) is 4. The van der Waals surface area contributed by atoms with Crippen LogP contribution >= 0.6 is 11.8 Å². The molecule has 0 saturated heterocycles. The summed E-state index contributed by atoms with van der Waals surface area (Å²) in [5, 5.41) is 7.72. The van der Waals surface area contributed by atoms with Crippen molar-refractivity contribution >= 4 is 17.5 Å². The van der Waals surface area contributed by atoms with Crippen molar-refractivity contribution in [2.45, 2.75) is 32.3 Å². The van der Waals surface area contributed by atoms with Gasteiger partial charge in [0.1, 0.15) is 5.82 Å². The van der Waals surface area contributed by atoms with Crippen LogP contribution in [0.4, 0.5) is 4.39 Å². The fraction of sp³-hybridized carbons (Fsp3) is 0.208. The molecular formula is C24H23FN4OS. The third kappa shape index (κ3) is 4.46. The average molecular weight is 435 g/mol. The number of Topliss-reactive ketones (excluding diaryl/α,β-unsaturated/α-hetero) is 1. The van der Waals surface area contributed by atoms with E-state index >= 15 is 0 Å². The zero-order valence-corrected chi connectivity index (χ0v) is 18.5. The van der Waals surface area contributed by atoms with Gasteiger partial charge in [-0.1, -0.05) is 43.0 Å². The number of halogens is 1. The first-order valence-corrected chi connectivity index (χ1v) is 11.1. The van der Waals surface area contributed by atoms with Crippen molar-refractivity contribution in [1.82, 2.24) is 19.7 Å². The SMILES string of the molecule is CCc1ccc(-c2nc(SCC(=O)c3cc(C)n(-c4ccc(F)cc4)c3C)n[nH]2)cc1. The van der Waals surface area contributed by atoms with Crippen LogP contribution in [-0.2, 0) is 6.42 Å². The van der Waals surface area contributed by atoms with Gasteiger partial charge in [-0.2, -0.15) is 0 Å². The molecule has 1 N–H and O–H groups in total. The number of aromatic nitrogens is 4. The van der Waals surface area contributed by atoms with Gasteiger partial charge in [-0.3, -0.25) is 9.89 Å². The summed E-state index contributed by atoms with van der Waals surface area (Å²) in [6.45, 7) is 5.96. The van der Waals surface area contributed by atoms with Crippen molar-refractivity contribution in [2.24, 2.45) is 0 Å². The highest BCUT2D eigenvalue weighted by Crippen LogP contribution is 2.25. The Hall–Kier alpha value is -3.19. The highest BCUT2D eigenvalue weighted by atomic mass is 32.2. The van der Waals surface area contributed by atoms with Crippen molar-refractivity contribution in [3.05, 3.63) is 82.9 Å². The van der Waals surface area contributed by atoms with Gasteiger partial charge in [-0.25, -0.2) is 9.37 Å². The largest absolute Gasteiger partial charge is 0.318 e. The van der Waals surface area contributed by atoms with Gasteiger partial charge in [0.15, 0.2) is 11.6 Å². The number of H-pyrrole nitrogens is 1. The van der Waals surface area contributed by atoms with Crippen LogP contribution < -0.4 is 0 Å². The van der Waals surface area contributed by atoms with E-state index in [-0.39, 0.29) is 17.4 Å². The van der Waals surface area contributed by atoms with E-state index in [4.69, 9.17) is 0 Å². The van der Waals surface area contributed by atoms with Gasteiger partial charge in [0, 0.05) is 28.2 Å². The topological polar surface area (TPSA) is 63.6 Å². The maximum absolute atomic E-state index is 13.3. The smallest absolute Gasteiger partial charge is 0.209 e.